The first-order valence-corrected chi connectivity index (χ1v) is 8.00. The Morgan fingerprint density at radius 3 is 2.36 bits per heavy atom. The second-order valence-electron chi connectivity index (χ2n) is 5.32. The van der Waals surface area contributed by atoms with Crippen LogP contribution < -0.4 is 10.1 Å². The summed E-state index contributed by atoms with van der Waals surface area (Å²) in [6, 6.07) is 18.5. The summed E-state index contributed by atoms with van der Waals surface area (Å²) in [7, 11) is 0. The molecule has 2 aromatic carbocycles. The third kappa shape index (κ3) is 6.19. The van der Waals surface area contributed by atoms with Gasteiger partial charge in [0.05, 0.1) is 6.61 Å². The number of unbranched alkanes of at least 4 members (excludes halogenated alkanes) is 1. The van der Waals surface area contributed by atoms with Crippen LogP contribution in [0, 0.1) is 0 Å². The summed E-state index contributed by atoms with van der Waals surface area (Å²) in [4.78, 5) is 0. The molecule has 0 aromatic heterocycles. The van der Waals surface area contributed by atoms with Crippen molar-refractivity contribution in [3.63, 3.8) is 0 Å². The van der Waals surface area contributed by atoms with Gasteiger partial charge in [0.2, 0.25) is 0 Å². The van der Waals surface area contributed by atoms with E-state index in [1.54, 1.807) is 0 Å². The van der Waals surface area contributed by atoms with Gasteiger partial charge in [-0.25, -0.2) is 0 Å². The zero-order valence-electron chi connectivity index (χ0n) is 13.0. The van der Waals surface area contributed by atoms with E-state index in [-0.39, 0.29) is 6.61 Å². The maximum atomic E-state index is 8.73. The number of aliphatic hydroxyl groups is 1. The van der Waals surface area contributed by atoms with Crippen molar-refractivity contribution in [2.24, 2.45) is 0 Å². The van der Waals surface area contributed by atoms with Crippen LogP contribution in [0.15, 0.2) is 54.6 Å². The molecule has 0 spiro atoms. The molecular weight excluding hydrogens is 274 g/mol. The lowest BCUT2D eigenvalue weighted by Gasteiger charge is -2.09. The second kappa shape index (κ2) is 9.85. The fourth-order valence-electron chi connectivity index (χ4n) is 2.25. The van der Waals surface area contributed by atoms with Gasteiger partial charge < -0.3 is 15.2 Å². The van der Waals surface area contributed by atoms with E-state index in [2.05, 4.69) is 29.6 Å². The molecule has 2 aromatic rings. The maximum Gasteiger partial charge on any atom is 0.119 e. The average molecular weight is 299 g/mol. The number of aryl methyl sites for hydroxylation is 1. The Bertz CT molecular complexity index is 511. The highest BCUT2D eigenvalue weighted by Crippen LogP contribution is 2.16. The van der Waals surface area contributed by atoms with Crippen LogP contribution in [0.2, 0.25) is 0 Å². The summed E-state index contributed by atoms with van der Waals surface area (Å²) in [5.41, 5.74) is 2.45. The molecule has 0 bridgehead atoms. The first-order chi connectivity index (χ1) is 10.9. The lowest BCUT2D eigenvalue weighted by molar-refractivity contribution is 0.286. The number of ether oxygens (including phenoxy) is 1. The second-order valence-corrected chi connectivity index (χ2v) is 5.32. The van der Waals surface area contributed by atoms with Crippen molar-refractivity contribution < 1.29 is 9.84 Å². The van der Waals surface area contributed by atoms with Crippen LogP contribution in [0.4, 0.5) is 5.69 Å². The standard InChI is InChI=1S/C19H25NO2/c21-15-5-4-14-20-18-10-12-19(13-11-18)22-16-6-9-17-7-2-1-3-8-17/h1-3,7-8,10-13,20-21H,4-6,9,14-16H2. The molecule has 0 fully saturated rings. The van der Waals surface area contributed by atoms with E-state index in [0.717, 1.165) is 50.3 Å². The van der Waals surface area contributed by atoms with Gasteiger partial charge in [0, 0.05) is 18.8 Å². The molecule has 0 atom stereocenters. The molecule has 0 aliphatic rings. The van der Waals surface area contributed by atoms with Gasteiger partial charge in [-0.15, -0.1) is 0 Å². The van der Waals surface area contributed by atoms with Crippen molar-refractivity contribution in [1.82, 2.24) is 0 Å². The highest BCUT2D eigenvalue weighted by Gasteiger charge is 1.97. The molecule has 0 amide bonds. The summed E-state index contributed by atoms with van der Waals surface area (Å²) in [6.07, 6.45) is 3.89. The predicted octanol–water partition coefficient (Wildman–Crippen LogP) is 3.88. The van der Waals surface area contributed by atoms with Crippen LogP contribution in [-0.4, -0.2) is 24.9 Å². The summed E-state index contributed by atoms with van der Waals surface area (Å²) in [5, 5.41) is 12.1. The van der Waals surface area contributed by atoms with Crippen LogP contribution in [0.25, 0.3) is 0 Å². The van der Waals surface area contributed by atoms with E-state index in [1.807, 2.05) is 30.3 Å². The number of benzene rings is 2. The Kier molecular flexibility index (Phi) is 7.33. The highest BCUT2D eigenvalue weighted by atomic mass is 16.5. The van der Waals surface area contributed by atoms with Crippen LogP contribution >= 0.6 is 0 Å². The van der Waals surface area contributed by atoms with E-state index >= 15 is 0 Å². The van der Waals surface area contributed by atoms with Crippen LogP contribution in [0.1, 0.15) is 24.8 Å². The Labute approximate surface area is 133 Å². The Balaban J connectivity index is 1.63. The fourth-order valence-corrected chi connectivity index (χ4v) is 2.25. The number of rotatable bonds is 10. The Morgan fingerprint density at radius 2 is 1.64 bits per heavy atom. The van der Waals surface area contributed by atoms with Gasteiger partial charge >= 0.3 is 0 Å². The fraction of sp³-hybridized carbons (Fsp3) is 0.368. The average Bonchev–Trinajstić information content (AvgIpc) is 2.58. The third-order valence-corrected chi connectivity index (χ3v) is 3.49. The van der Waals surface area contributed by atoms with E-state index in [4.69, 9.17) is 9.84 Å². The summed E-state index contributed by atoms with van der Waals surface area (Å²) in [6.45, 7) is 1.88. The van der Waals surface area contributed by atoms with E-state index < -0.39 is 0 Å². The van der Waals surface area contributed by atoms with Crippen molar-refractivity contribution >= 4 is 5.69 Å². The molecular formula is C19H25NO2. The van der Waals surface area contributed by atoms with Gasteiger partial charge in [0.25, 0.3) is 0 Å². The smallest absolute Gasteiger partial charge is 0.119 e. The molecule has 0 radical (unpaired) electrons. The molecule has 3 heteroatoms. The highest BCUT2D eigenvalue weighted by molar-refractivity contribution is 5.46. The monoisotopic (exact) mass is 299 g/mol. The minimum Gasteiger partial charge on any atom is -0.494 e. The van der Waals surface area contributed by atoms with Gasteiger partial charge in [-0.1, -0.05) is 30.3 Å². The quantitative estimate of drug-likeness (QED) is 0.654. The minimum absolute atomic E-state index is 0.261. The molecule has 2 N–H and O–H groups in total. The van der Waals surface area contributed by atoms with Gasteiger partial charge in [0.1, 0.15) is 5.75 Å². The third-order valence-electron chi connectivity index (χ3n) is 3.49. The predicted molar refractivity (Wildman–Crippen MR) is 91.5 cm³/mol. The molecule has 3 nitrogen and oxygen atoms in total. The maximum absolute atomic E-state index is 8.73. The summed E-state index contributed by atoms with van der Waals surface area (Å²) >= 11 is 0. The lowest BCUT2D eigenvalue weighted by Crippen LogP contribution is -2.03. The molecule has 0 saturated heterocycles. The van der Waals surface area contributed by atoms with Gasteiger partial charge in [-0.2, -0.15) is 0 Å². The SMILES string of the molecule is OCCCCNc1ccc(OCCCc2ccccc2)cc1. The topological polar surface area (TPSA) is 41.5 Å². The van der Waals surface area contributed by atoms with Crippen molar-refractivity contribution in [1.29, 1.82) is 0 Å². The molecule has 2 rings (SSSR count). The summed E-state index contributed by atoms with van der Waals surface area (Å²) < 4.78 is 5.76. The Hall–Kier alpha value is -2.00. The molecule has 22 heavy (non-hydrogen) atoms. The zero-order chi connectivity index (χ0) is 15.5. The van der Waals surface area contributed by atoms with E-state index in [9.17, 15) is 0 Å². The van der Waals surface area contributed by atoms with Gasteiger partial charge in [0.15, 0.2) is 0 Å². The largest absolute Gasteiger partial charge is 0.494 e. The first-order valence-electron chi connectivity index (χ1n) is 8.00. The number of anilines is 1. The van der Waals surface area contributed by atoms with E-state index in [1.165, 1.54) is 5.56 Å². The van der Waals surface area contributed by atoms with Gasteiger partial charge in [-0.05, 0) is 55.5 Å². The number of hydrogen-bond donors (Lipinski definition) is 2. The molecule has 0 aliphatic heterocycles. The van der Waals surface area contributed by atoms with Crippen LogP contribution in [0.3, 0.4) is 0 Å². The van der Waals surface area contributed by atoms with Crippen LogP contribution in [-0.2, 0) is 6.42 Å². The number of aliphatic hydroxyl groups excluding tert-OH is 1. The molecule has 0 heterocycles. The first kappa shape index (κ1) is 16.4. The molecule has 0 saturated carbocycles. The Morgan fingerprint density at radius 1 is 0.864 bits per heavy atom. The van der Waals surface area contributed by atoms with Crippen molar-refractivity contribution in [2.45, 2.75) is 25.7 Å². The molecule has 0 aliphatic carbocycles. The number of hydrogen-bond acceptors (Lipinski definition) is 3. The molecule has 0 unspecified atom stereocenters. The lowest BCUT2D eigenvalue weighted by atomic mass is 10.1. The van der Waals surface area contributed by atoms with Crippen LogP contribution in [0.5, 0.6) is 5.75 Å². The zero-order valence-corrected chi connectivity index (χ0v) is 13.0. The van der Waals surface area contributed by atoms with Crippen molar-refractivity contribution in [2.75, 3.05) is 25.1 Å². The minimum atomic E-state index is 0.261. The summed E-state index contributed by atoms with van der Waals surface area (Å²) in [5.74, 6) is 0.911. The molecule has 118 valence electrons. The van der Waals surface area contributed by atoms with Crippen molar-refractivity contribution in [3.05, 3.63) is 60.2 Å². The normalized spacial score (nSPS) is 10.4. The number of nitrogens with one attached hydrogen (secondary N) is 1. The van der Waals surface area contributed by atoms with Crippen molar-refractivity contribution in [3.8, 4) is 5.75 Å². The van der Waals surface area contributed by atoms with E-state index in [0.29, 0.717) is 0 Å². The van der Waals surface area contributed by atoms with Gasteiger partial charge in [-0.3, -0.25) is 0 Å².